The third-order valence-corrected chi connectivity index (χ3v) is 4.29. The van der Waals surface area contributed by atoms with Crippen LogP contribution in [0.15, 0.2) is 4.52 Å². The summed E-state index contributed by atoms with van der Waals surface area (Å²) in [4.78, 5) is 14.6. The summed E-state index contributed by atoms with van der Waals surface area (Å²) >= 11 is 0. The molecule has 1 heterocycles. The van der Waals surface area contributed by atoms with E-state index in [2.05, 4.69) is 43.2 Å². The number of carbonyl (C=O) groups excluding carboxylic acids is 1. The van der Waals surface area contributed by atoms with Crippen LogP contribution in [0.2, 0.25) is 0 Å². The Morgan fingerprint density at radius 2 is 2.05 bits per heavy atom. The van der Waals surface area contributed by atoms with Crippen LogP contribution in [0.1, 0.15) is 56.4 Å². The van der Waals surface area contributed by atoms with Crippen molar-refractivity contribution in [3.63, 3.8) is 0 Å². The molecule has 1 aromatic rings. The highest BCUT2D eigenvalue weighted by molar-refractivity contribution is 5.93. The van der Waals surface area contributed by atoms with Gasteiger partial charge in [0.25, 0.3) is 5.91 Å². The maximum Gasteiger partial charge on any atom is 0.273 e. The van der Waals surface area contributed by atoms with Crippen molar-refractivity contribution in [1.82, 2.24) is 15.4 Å². The van der Waals surface area contributed by atoms with Crippen molar-refractivity contribution in [3.05, 3.63) is 17.0 Å². The highest BCUT2D eigenvalue weighted by atomic mass is 16.5. The summed E-state index contributed by atoms with van der Waals surface area (Å²) in [5.74, 6) is 0.619. The smallest absolute Gasteiger partial charge is 0.273 e. The summed E-state index contributed by atoms with van der Waals surface area (Å²) in [5.41, 5.74) is 1.22. The summed E-state index contributed by atoms with van der Waals surface area (Å²) in [6.07, 6.45) is 0.744. The Hall–Kier alpha value is -1.36. The van der Waals surface area contributed by atoms with Crippen molar-refractivity contribution in [1.29, 1.82) is 0 Å². The molecule has 5 nitrogen and oxygen atoms in total. The third kappa shape index (κ3) is 4.30. The van der Waals surface area contributed by atoms with Crippen molar-refractivity contribution in [2.75, 3.05) is 20.1 Å². The number of hydrogen-bond acceptors (Lipinski definition) is 4. The fourth-order valence-corrected chi connectivity index (χ4v) is 2.32. The second-order valence-electron chi connectivity index (χ2n) is 6.45. The highest BCUT2D eigenvalue weighted by Crippen LogP contribution is 2.22. The molecule has 0 fully saturated rings. The number of carbonyl (C=O) groups is 1. The van der Waals surface area contributed by atoms with Crippen LogP contribution in [0.5, 0.6) is 0 Å². The van der Waals surface area contributed by atoms with Gasteiger partial charge in [0, 0.05) is 24.6 Å². The largest absolute Gasteiger partial charge is 0.360 e. The van der Waals surface area contributed by atoms with Crippen molar-refractivity contribution in [2.45, 2.75) is 54.0 Å². The Labute approximate surface area is 128 Å². The van der Waals surface area contributed by atoms with Gasteiger partial charge in [-0.15, -0.1) is 0 Å². The first-order valence-electron chi connectivity index (χ1n) is 7.67. The zero-order valence-corrected chi connectivity index (χ0v) is 14.4. The van der Waals surface area contributed by atoms with Crippen LogP contribution in [0.4, 0.5) is 0 Å². The summed E-state index contributed by atoms with van der Waals surface area (Å²) in [6, 6.07) is 0.0418. The van der Waals surface area contributed by atoms with Gasteiger partial charge < -0.3 is 14.7 Å². The van der Waals surface area contributed by atoms with Gasteiger partial charge in [-0.1, -0.05) is 32.9 Å². The van der Waals surface area contributed by atoms with E-state index in [0.29, 0.717) is 5.69 Å². The van der Waals surface area contributed by atoms with Crippen LogP contribution in [0, 0.1) is 12.3 Å². The number of aryl methyl sites for hydroxylation is 1. The molecular weight excluding hydrogens is 266 g/mol. The fourth-order valence-electron chi connectivity index (χ4n) is 2.32. The number of rotatable bonds is 7. The van der Waals surface area contributed by atoms with Crippen LogP contribution >= 0.6 is 0 Å². The normalized spacial score (nSPS) is 13.5. The molecule has 1 N–H and O–H groups in total. The molecule has 0 aliphatic carbocycles. The molecule has 5 heteroatoms. The van der Waals surface area contributed by atoms with Gasteiger partial charge in [-0.25, -0.2) is 0 Å². The Morgan fingerprint density at radius 1 is 1.43 bits per heavy atom. The second kappa shape index (κ2) is 7.07. The monoisotopic (exact) mass is 295 g/mol. The minimum absolute atomic E-state index is 0.0222. The maximum atomic E-state index is 12.4. The first kappa shape index (κ1) is 17.7. The van der Waals surface area contributed by atoms with E-state index >= 15 is 0 Å². The molecule has 0 saturated carbocycles. The molecule has 1 rings (SSSR count). The standard InChI is InChI=1S/C16H29N3O2/c1-8-13-11(3)14(18-21-13)15(20)17-12(4)16(5,6)10-19(7)9-2/h12H,8-10H2,1-7H3,(H,17,20). The molecule has 0 radical (unpaired) electrons. The van der Waals surface area contributed by atoms with Crippen molar-refractivity contribution >= 4 is 5.91 Å². The zero-order valence-electron chi connectivity index (χ0n) is 14.4. The lowest BCUT2D eigenvalue weighted by Gasteiger charge is -2.35. The van der Waals surface area contributed by atoms with E-state index in [1.54, 1.807) is 0 Å². The molecule has 1 atom stereocenters. The molecule has 1 aromatic heterocycles. The van der Waals surface area contributed by atoms with Gasteiger partial charge in [-0.2, -0.15) is 0 Å². The topological polar surface area (TPSA) is 58.4 Å². The number of nitrogens with zero attached hydrogens (tertiary/aromatic N) is 2. The maximum absolute atomic E-state index is 12.4. The van der Waals surface area contributed by atoms with Gasteiger partial charge in [-0.05, 0) is 32.9 Å². The fraction of sp³-hybridized carbons (Fsp3) is 0.750. The van der Waals surface area contributed by atoms with Crippen LogP contribution in [-0.2, 0) is 6.42 Å². The average Bonchev–Trinajstić information content (AvgIpc) is 2.79. The molecule has 0 aromatic carbocycles. The molecule has 0 aliphatic rings. The van der Waals surface area contributed by atoms with Crippen LogP contribution in [-0.4, -0.2) is 42.1 Å². The second-order valence-corrected chi connectivity index (χ2v) is 6.45. The number of nitrogens with one attached hydrogen (secondary N) is 1. The van der Waals surface area contributed by atoms with Crippen molar-refractivity contribution in [3.8, 4) is 0 Å². The van der Waals surface area contributed by atoms with Gasteiger partial charge in [0.05, 0.1) is 0 Å². The Bertz CT molecular complexity index is 480. The summed E-state index contributed by atoms with van der Waals surface area (Å²) in [5, 5.41) is 6.96. The third-order valence-electron chi connectivity index (χ3n) is 4.29. The summed E-state index contributed by atoms with van der Waals surface area (Å²) < 4.78 is 5.20. The number of hydrogen-bond donors (Lipinski definition) is 1. The molecule has 0 aliphatic heterocycles. The van der Waals surface area contributed by atoms with E-state index in [0.717, 1.165) is 30.8 Å². The SMILES string of the molecule is CCc1onc(C(=O)NC(C)C(C)(C)CN(C)CC)c1C. The highest BCUT2D eigenvalue weighted by Gasteiger charge is 2.30. The quantitative estimate of drug-likeness (QED) is 0.840. The van der Waals surface area contributed by atoms with Gasteiger partial charge in [0.1, 0.15) is 5.76 Å². The van der Waals surface area contributed by atoms with E-state index < -0.39 is 0 Å². The molecular formula is C16H29N3O2. The van der Waals surface area contributed by atoms with Gasteiger partial charge in [0.2, 0.25) is 0 Å². The Balaban J connectivity index is 2.75. The van der Waals surface area contributed by atoms with Crippen molar-refractivity contribution < 1.29 is 9.32 Å². The lowest BCUT2D eigenvalue weighted by molar-refractivity contribution is 0.0870. The summed E-state index contributed by atoms with van der Waals surface area (Å²) in [6.45, 7) is 14.3. The molecule has 0 saturated heterocycles. The Kier molecular flexibility index (Phi) is 5.96. The molecule has 120 valence electrons. The molecule has 21 heavy (non-hydrogen) atoms. The lowest BCUT2D eigenvalue weighted by Crippen LogP contribution is -2.48. The zero-order chi connectivity index (χ0) is 16.2. The lowest BCUT2D eigenvalue weighted by atomic mass is 9.84. The summed E-state index contributed by atoms with van der Waals surface area (Å²) in [7, 11) is 2.09. The van der Waals surface area contributed by atoms with E-state index in [9.17, 15) is 4.79 Å². The molecule has 1 unspecified atom stereocenters. The van der Waals surface area contributed by atoms with Gasteiger partial charge >= 0.3 is 0 Å². The minimum atomic E-state index is -0.157. The van der Waals surface area contributed by atoms with Crippen LogP contribution < -0.4 is 5.32 Å². The first-order valence-corrected chi connectivity index (χ1v) is 7.67. The van der Waals surface area contributed by atoms with Crippen molar-refractivity contribution in [2.24, 2.45) is 5.41 Å². The predicted octanol–water partition coefficient (Wildman–Crippen LogP) is 2.64. The molecule has 0 bridgehead atoms. The minimum Gasteiger partial charge on any atom is -0.360 e. The van der Waals surface area contributed by atoms with E-state index in [1.807, 2.05) is 20.8 Å². The average molecular weight is 295 g/mol. The first-order chi connectivity index (χ1) is 9.72. The Morgan fingerprint density at radius 3 is 2.52 bits per heavy atom. The molecule has 0 spiro atoms. The number of aromatic nitrogens is 1. The van der Waals surface area contributed by atoms with Gasteiger partial charge in [0.15, 0.2) is 5.69 Å². The van der Waals surface area contributed by atoms with E-state index in [-0.39, 0.29) is 17.4 Å². The van der Waals surface area contributed by atoms with Crippen LogP contribution in [0.25, 0.3) is 0 Å². The molecule has 1 amide bonds. The predicted molar refractivity (Wildman–Crippen MR) is 84.5 cm³/mol. The van der Waals surface area contributed by atoms with E-state index in [1.165, 1.54) is 0 Å². The van der Waals surface area contributed by atoms with E-state index in [4.69, 9.17) is 4.52 Å². The van der Waals surface area contributed by atoms with Gasteiger partial charge in [-0.3, -0.25) is 4.79 Å². The van der Waals surface area contributed by atoms with Crippen LogP contribution in [0.3, 0.4) is 0 Å². The number of amides is 1.